The standard InChI is InChI=1S/C13H16N2O/c1-9(2)12-11(8-16)13(15-14-12)10-6-4-3-5-7-10/h3-7,9,16H,8H2,1-2H3,(H,14,15). The normalized spacial score (nSPS) is 11.0. The number of rotatable bonds is 3. The van der Waals surface area contributed by atoms with Crippen molar-refractivity contribution in [1.29, 1.82) is 0 Å². The molecule has 2 rings (SSSR count). The molecule has 16 heavy (non-hydrogen) atoms. The van der Waals surface area contributed by atoms with Crippen LogP contribution in [0.15, 0.2) is 30.3 Å². The summed E-state index contributed by atoms with van der Waals surface area (Å²) in [5.41, 5.74) is 3.81. The highest BCUT2D eigenvalue weighted by Crippen LogP contribution is 2.27. The van der Waals surface area contributed by atoms with Gasteiger partial charge in [-0.3, -0.25) is 5.10 Å². The lowest BCUT2D eigenvalue weighted by molar-refractivity contribution is 0.280. The largest absolute Gasteiger partial charge is 0.392 e. The molecule has 0 aliphatic rings. The van der Waals surface area contributed by atoms with Crippen LogP contribution in [0.3, 0.4) is 0 Å². The number of aliphatic hydroxyl groups excluding tert-OH is 1. The van der Waals surface area contributed by atoms with Gasteiger partial charge in [0.2, 0.25) is 0 Å². The lowest BCUT2D eigenvalue weighted by Gasteiger charge is -2.05. The Morgan fingerprint density at radius 3 is 2.50 bits per heavy atom. The van der Waals surface area contributed by atoms with E-state index in [1.807, 2.05) is 30.3 Å². The van der Waals surface area contributed by atoms with Crippen molar-refractivity contribution in [2.45, 2.75) is 26.4 Å². The molecule has 0 atom stereocenters. The fourth-order valence-corrected chi connectivity index (χ4v) is 1.85. The number of aromatic nitrogens is 2. The summed E-state index contributed by atoms with van der Waals surface area (Å²) in [7, 11) is 0. The van der Waals surface area contributed by atoms with Crippen LogP contribution >= 0.6 is 0 Å². The summed E-state index contributed by atoms with van der Waals surface area (Å²) in [4.78, 5) is 0. The predicted molar refractivity (Wildman–Crippen MR) is 64.0 cm³/mol. The maximum atomic E-state index is 9.44. The molecule has 0 fully saturated rings. The van der Waals surface area contributed by atoms with Crippen molar-refractivity contribution < 1.29 is 5.11 Å². The van der Waals surface area contributed by atoms with Crippen molar-refractivity contribution in [2.75, 3.05) is 0 Å². The monoisotopic (exact) mass is 216 g/mol. The van der Waals surface area contributed by atoms with Gasteiger partial charge in [-0.1, -0.05) is 44.2 Å². The summed E-state index contributed by atoms with van der Waals surface area (Å²) in [5.74, 6) is 0.340. The second-order valence-electron chi connectivity index (χ2n) is 4.14. The number of benzene rings is 1. The molecule has 2 N–H and O–H groups in total. The number of nitrogens with zero attached hydrogens (tertiary/aromatic N) is 1. The number of nitrogens with one attached hydrogen (secondary N) is 1. The molecule has 3 heteroatoms. The van der Waals surface area contributed by atoms with Crippen LogP contribution in [0.2, 0.25) is 0 Å². The van der Waals surface area contributed by atoms with Crippen LogP contribution in [0.4, 0.5) is 0 Å². The highest BCUT2D eigenvalue weighted by atomic mass is 16.3. The van der Waals surface area contributed by atoms with Gasteiger partial charge in [0, 0.05) is 16.8 Å². The van der Waals surface area contributed by atoms with Gasteiger partial charge >= 0.3 is 0 Å². The quantitative estimate of drug-likeness (QED) is 0.828. The fraction of sp³-hybridized carbons (Fsp3) is 0.308. The molecule has 1 aromatic heterocycles. The molecular weight excluding hydrogens is 200 g/mol. The maximum Gasteiger partial charge on any atom is 0.0978 e. The minimum Gasteiger partial charge on any atom is -0.392 e. The van der Waals surface area contributed by atoms with Crippen LogP contribution < -0.4 is 0 Å². The molecule has 0 aliphatic carbocycles. The zero-order valence-electron chi connectivity index (χ0n) is 9.57. The first-order chi connectivity index (χ1) is 7.74. The van der Waals surface area contributed by atoms with Gasteiger partial charge in [0.25, 0.3) is 0 Å². The molecule has 84 valence electrons. The molecule has 0 spiro atoms. The van der Waals surface area contributed by atoms with Gasteiger partial charge in [0.05, 0.1) is 12.3 Å². The molecule has 0 saturated carbocycles. The van der Waals surface area contributed by atoms with E-state index >= 15 is 0 Å². The van der Waals surface area contributed by atoms with E-state index in [-0.39, 0.29) is 6.61 Å². The van der Waals surface area contributed by atoms with Crippen LogP contribution in [-0.2, 0) is 6.61 Å². The molecule has 1 heterocycles. The van der Waals surface area contributed by atoms with Crippen LogP contribution in [-0.4, -0.2) is 15.3 Å². The average Bonchev–Trinajstić information content (AvgIpc) is 2.73. The summed E-state index contributed by atoms with van der Waals surface area (Å²) >= 11 is 0. The molecular formula is C13H16N2O. The molecule has 0 amide bonds. The number of hydrogen-bond acceptors (Lipinski definition) is 2. The summed E-state index contributed by atoms with van der Waals surface area (Å²) in [6.07, 6.45) is 0. The van der Waals surface area contributed by atoms with E-state index in [1.165, 1.54) is 0 Å². The topological polar surface area (TPSA) is 48.9 Å². The lowest BCUT2D eigenvalue weighted by atomic mass is 10.0. The lowest BCUT2D eigenvalue weighted by Crippen LogP contribution is -1.95. The van der Waals surface area contributed by atoms with Gasteiger partial charge in [0.15, 0.2) is 0 Å². The third kappa shape index (κ3) is 1.86. The van der Waals surface area contributed by atoms with E-state index in [0.29, 0.717) is 5.92 Å². The Morgan fingerprint density at radius 2 is 1.94 bits per heavy atom. The zero-order chi connectivity index (χ0) is 11.5. The van der Waals surface area contributed by atoms with Gasteiger partial charge in [0.1, 0.15) is 0 Å². The van der Waals surface area contributed by atoms with Crippen molar-refractivity contribution in [3.05, 3.63) is 41.6 Å². The van der Waals surface area contributed by atoms with Crippen molar-refractivity contribution in [3.8, 4) is 11.3 Å². The first-order valence-corrected chi connectivity index (χ1v) is 5.47. The molecule has 0 saturated heterocycles. The number of aliphatic hydroxyl groups is 1. The minimum absolute atomic E-state index is 0.0221. The van der Waals surface area contributed by atoms with Crippen LogP contribution in [0.1, 0.15) is 31.0 Å². The van der Waals surface area contributed by atoms with E-state index in [2.05, 4.69) is 24.0 Å². The third-order valence-corrected chi connectivity index (χ3v) is 2.68. The summed E-state index contributed by atoms with van der Waals surface area (Å²) in [6.45, 7) is 4.19. The smallest absolute Gasteiger partial charge is 0.0978 e. The summed E-state index contributed by atoms with van der Waals surface area (Å²) < 4.78 is 0. The van der Waals surface area contributed by atoms with Crippen molar-refractivity contribution in [3.63, 3.8) is 0 Å². The Balaban J connectivity index is 2.50. The Kier molecular flexibility index (Phi) is 3.06. The number of hydrogen-bond donors (Lipinski definition) is 2. The van der Waals surface area contributed by atoms with Crippen LogP contribution in [0.25, 0.3) is 11.3 Å². The fourth-order valence-electron chi connectivity index (χ4n) is 1.85. The van der Waals surface area contributed by atoms with Crippen molar-refractivity contribution >= 4 is 0 Å². The molecule has 0 aliphatic heterocycles. The predicted octanol–water partition coefficient (Wildman–Crippen LogP) is 2.69. The van der Waals surface area contributed by atoms with E-state index in [4.69, 9.17) is 0 Å². The average molecular weight is 216 g/mol. The molecule has 0 radical (unpaired) electrons. The number of H-pyrrole nitrogens is 1. The Labute approximate surface area is 95.1 Å². The van der Waals surface area contributed by atoms with Crippen LogP contribution in [0.5, 0.6) is 0 Å². The van der Waals surface area contributed by atoms with Gasteiger partial charge in [-0.05, 0) is 5.92 Å². The first kappa shape index (κ1) is 10.9. The highest BCUT2D eigenvalue weighted by Gasteiger charge is 2.15. The summed E-state index contributed by atoms with van der Waals surface area (Å²) in [5, 5.41) is 16.7. The zero-order valence-corrected chi connectivity index (χ0v) is 9.57. The molecule has 0 bridgehead atoms. The van der Waals surface area contributed by atoms with Gasteiger partial charge in [-0.25, -0.2) is 0 Å². The first-order valence-electron chi connectivity index (χ1n) is 5.47. The van der Waals surface area contributed by atoms with Crippen molar-refractivity contribution in [1.82, 2.24) is 10.2 Å². The van der Waals surface area contributed by atoms with E-state index in [1.54, 1.807) is 0 Å². The van der Waals surface area contributed by atoms with Crippen molar-refractivity contribution in [2.24, 2.45) is 0 Å². The molecule has 1 aromatic carbocycles. The summed E-state index contributed by atoms with van der Waals surface area (Å²) in [6, 6.07) is 9.91. The maximum absolute atomic E-state index is 9.44. The third-order valence-electron chi connectivity index (χ3n) is 2.68. The SMILES string of the molecule is CC(C)c1[nH]nc(-c2ccccc2)c1CO. The molecule has 3 nitrogen and oxygen atoms in total. The Morgan fingerprint density at radius 1 is 1.25 bits per heavy atom. The highest BCUT2D eigenvalue weighted by molar-refractivity contribution is 5.63. The van der Waals surface area contributed by atoms with E-state index in [0.717, 1.165) is 22.5 Å². The molecule has 0 unspecified atom stereocenters. The van der Waals surface area contributed by atoms with Gasteiger partial charge in [-0.2, -0.15) is 5.10 Å². The van der Waals surface area contributed by atoms with E-state index in [9.17, 15) is 5.11 Å². The number of aromatic amines is 1. The second kappa shape index (κ2) is 4.49. The Bertz CT molecular complexity index is 460. The molecule has 2 aromatic rings. The minimum atomic E-state index is 0.0221. The van der Waals surface area contributed by atoms with Gasteiger partial charge in [-0.15, -0.1) is 0 Å². The second-order valence-corrected chi connectivity index (χ2v) is 4.14. The van der Waals surface area contributed by atoms with E-state index < -0.39 is 0 Å². The van der Waals surface area contributed by atoms with Gasteiger partial charge < -0.3 is 5.11 Å². The van der Waals surface area contributed by atoms with Crippen LogP contribution in [0, 0.1) is 0 Å². The Hall–Kier alpha value is -1.61.